The van der Waals surface area contributed by atoms with Gasteiger partial charge in [0.15, 0.2) is 17.2 Å². The molecule has 21 heavy (non-hydrogen) atoms. The number of carbonyl (C=O) groups excluding carboxylic acids is 1. The number of hydrogen-bond acceptors (Lipinski definition) is 5. The molecule has 0 saturated carbocycles. The van der Waals surface area contributed by atoms with Crippen molar-refractivity contribution in [2.75, 3.05) is 20.8 Å². The van der Waals surface area contributed by atoms with Gasteiger partial charge < -0.3 is 14.4 Å². The highest BCUT2D eigenvalue weighted by Gasteiger charge is 2.24. The van der Waals surface area contributed by atoms with Gasteiger partial charge in [-0.15, -0.1) is 0 Å². The molecule has 0 bridgehead atoms. The molecule has 1 aliphatic heterocycles. The Hall–Kier alpha value is -2.57. The molecule has 7 heteroatoms. The fraction of sp³-hybridized carbons (Fsp3) is 0.357. The average molecular weight is 288 g/mol. The number of methoxy groups -OCH3 is 2. The van der Waals surface area contributed by atoms with Gasteiger partial charge in [0, 0.05) is 13.1 Å². The van der Waals surface area contributed by atoms with Crippen LogP contribution >= 0.6 is 0 Å². The number of aromatic nitrogens is 3. The van der Waals surface area contributed by atoms with Gasteiger partial charge in [-0.25, -0.2) is 0 Å². The topological polar surface area (TPSA) is 80.3 Å². The lowest BCUT2D eigenvalue weighted by molar-refractivity contribution is 0.0728. The van der Waals surface area contributed by atoms with Crippen molar-refractivity contribution in [1.29, 1.82) is 0 Å². The van der Waals surface area contributed by atoms with Crippen molar-refractivity contribution in [1.82, 2.24) is 20.3 Å². The normalized spacial score (nSPS) is 13.7. The van der Waals surface area contributed by atoms with E-state index in [9.17, 15) is 4.79 Å². The Morgan fingerprint density at radius 2 is 1.95 bits per heavy atom. The second-order valence-corrected chi connectivity index (χ2v) is 4.81. The summed E-state index contributed by atoms with van der Waals surface area (Å²) >= 11 is 0. The summed E-state index contributed by atoms with van der Waals surface area (Å²) in [5, 5.41) is 9.97. The predicted molar refractivity (Wildman–Crippen MR) is 74.4 cm³/mol. The third kappa shape index (κ3) is 2.42. The number of hydrogen-bond donors (Lipinski definition) is 1. The number of nitrogens with zero attached hydrogens (tertiary/aromatic N) is 3. The van der Waals surface area contributed by atoms with Crippen LogP contribution in [0.15, 0.2) is 18.3 Å². The molecule has 1 aliphatic rings. The highest BCUT2D eigenvalue weighted by Crippen LogP contribution is 2.33. The molecule has 3 rings (SSSR count). The van der Waals surface area contributed by atoms with Crippen molar-refractivity contribution in [2.45, 2.75) is 13.0 Å². The summed E-state index contributed by atoms with van der Waals surface area (Å²) in [5.41, 5.74) is 2.58. The quantitative estimate of drug-likeness (QED) is 0.912. The Kier molecular flexibility index (Phi) is 3.47. The van der Waals surface area contributed by atoms with Gasteiger partial charge in [-0.1, -0.05) is 0 Å². The van der Waals surface area contributed by atoms with Crippen molar-refractivity contribution in [3.8, 4) is 11.5 Å². The zero-order valence-corrected chi connectivity index (χ0v) is 11.9. The zero-order chi connectivity index (χ0) is 14.8. The summed E-state index contributed by atoms with van der Waals surface area (Å²) < 4.78 is 10.6. The first-order valence-electron chi connectivity index (χ1n) is 6.61. The Labute approximate surface area is 121 Å². The second kappa shape index (κ2) is 5.43. The van der Waals surface area contributed by atoms with Crippen molar-refractivity contribution < 1.29 is 14.3 Å². The summed E-state index contributed by atoms with van der Waals surface area (Å²) in [6.45, 7) is 1.18. The first kappa shape index (κ1) is 13.4. The van der Waals surface area contributed by atoms with Gasteiger partial charge in [-0.3, -0.25) is 4.79 Å². The fourth-order valence-corrected chi connectivity index (χ4v) is 2.52. The van der Waals surface area contributed by atoms with Crippen LogP contribution < -0.4 is 9.47 Å². The Balaban J connectivity index is 1.86. The van der Waals surface area contributed by atoms with Gasteiger partial charge in [0.05, 0.1) is 20.4 Å². The van der Waals surface area contributed by atoms with Crippen LogP contribution in [0.4, 0.5) is 0 Å². The molecule has 2 aromatic rings. The van der Waals surface area contributed by atoms with E-state index in [4.69, 9.17) is 9.47 Å². The lowest BCUT2D eigenvalue weighted by Crippen LogP contribution is -2.36. The summed E-state index contributed by atoms with van der Waals surface area (Å²) in [6, 6.07) is 3.91. The van der Waals surface area contributed by atoms with E-state index in [1.54, 1.807) is 19.1 Å². The average Bonchev–Trinajstić information content (AvgIpc) is 3.06. The Bertz CT molecular complexity index is 654. The maximum Gasteiger partial charge on any atom is 0.276 e. The molecule has 0 atom stereocenters. The molecule has 7 nitrogen and oxygen atoms in total. The first-order chi connectivity index (χ1) is 10.2. The molecular weight excluding hydrogens is 272 g/mol. The number of rotatable bonds is 3. The lowest BCUT2D eigenvalue weighted by Gasteiger charge is -2.29. The molecule has 0 radical (unpaired) electrons. The number of ether oxygens (including phenoxy) is 2. The molecule has 0 unspecified atom stereocenters. The van der Waals surface area contributed by atoms with Gasteiger partial charge in [-0.2, -0.15) is 15.4 Å². The maximum atomic E-state index is 12.3. The predicted octanol–water partition coefficient (Wildman–Crippen LogP) is 1.02. The SMILES string of the molecule is COc1cc2c(cc1OC)CN(C(=O)c1cn[nH]n1)CC2. The minimum Gasteiger partial charge on any atom is -0.493 e. The number of aromatic amines is 1. The highest BCUT2D eigenvalue weighted by atomic mass is 16.5. The van der Waals surface area contributed by atoms with Crippen LogP contribution in [-0.2, 0) is 13.0 Å². The molecule has 1 aromatic carbocycles. The van der Waals surface area contributed by atoms with E-state index in [-0.39, 0.29) is 5.91 Å². The maximum absolute atomic E-state index is 12.3. The standard InChI is InChI=1S/C14H16N4O3/c1-20-12-5-9-3-4-18(8-10(9)6-13(12)21-2)14(19)11-7-15-17-16-11/h5-7H,3-4,8H2,1-2H3,(H,15,16,17). The molecule has 110 valence electrons. The summed E-state index contributed by atoms with van der Waals surface area (Å²) in [6.07, 6.45) is 2.21. The Morgan fingerprint density at radius 3 is 2.57 bits per heavy atom. The second-order valence-electron chi connectivity index (χ2n) is 4.81. The molecule has 0 aliphatic carbocycles. The van der Waals surface area contributed by atoms with E-state index in [1.165, 1.54) is 11.8 Å². The lowest BCUT2D eigenvalue weighted by atomic mass is 9.98. The molecule has 2 heterocycles. The van der Waals surface area contributed by atoms with Crippen LogP contribution in [0, 0.1) is 0 Å². The van der Waals surface area contributed by atoms with Gasteiger partial charge >= 0.3 is 0 Å². The Morgan fingerprint density at radius 1 is 1.24 bits per heavy atom. The summed E-state index contributed by atoms with van der Waals surface area (Å²) in [5.74, 6) is 1.27. The van der Waals surface area contributed by atoms with E-state index in [1.807, 2.05) is 12.1 Å². The van der Waals surface area contributed by atoms with Gasteiger partial charge in [0.1, 0.15) is 0 Å². The number of H-pyrrole nitrogens is 1. The van der Waals surface area contributed by atoms with Crippen LogP contribution in [0.25, 0.3) is 0 Å². The number of amides is 1. The molecule has 1 N–H and O–H groups in total. The largest absolute Gasteiger partial charge is 0.493 e. The number of nitrogens with one attached hydrogen (secondary N) is 1. The smallest absolute Gasteiger partial charge is 0.276 e. The third-order valence-electron chi connectivity index (χ3n) is 3.64. The van der Waals surface area contributed by atoms with Crippen LogP contribution in [0.3, 0.4) is 0 Å². The van der Waals surface area contributed by atoms with Gasteiger partial charge in [0.25, 0.3) is 5.91 Å². The summed E-state index contributed by atoms with van der Waals surface area (Å²) in [7, 11) is 3.22. The van der Waals surface area contributed by atoms with Crippen molar-refractivity contribution in [2.24, 2.45) is 0 Å². The van der Waals surface area contributed by atoms with Crippen molar-refractivity contribution >= 4 is 5.91 Å². The molecule has 0 fully saturated rings. The third-order valence-corrected chi connectivity index (χ3v) is 3.64. The molecular formula is C14H16N4O3. The molecule has 0 saturated heterocycles. The van der Waals surface area contributed by atoms with E-state index in [0.717, 1.165) is 12.0 Å². The number of fused-ring (bicyclic) bond motifs is 1. The zero-order valence-electron chi connectivity index (χ0n) is 11.9. The minimum atomic E-state index is -0.121. The van der Waals surface area contributed by atoms with E-state index < -0.39 is 0 Å². The van der Waals surface area contributed by atoms with E-state index >= 15 is 0 Å². The van der Waals surface area contributed by atoms with Gasteiger partial charge in [-0.05, 0) is 29.7 Å². The van der Waals surface area contributed by atoms with E-state index in [0.29, 0.717) is 30.3 Å². The number of benzene rings is 1. The molecule has 0 spiro atoms. The highest BCUT2D eigenvalue weighted by molar-refractivity contribution is 5.92. The minimum absolute atomic E-state index is 0.121. The van der Waals surface area contributed by atoms with Crippen LogP contribution in [0.1, 0.15) is 21.6 Å². The molecule has 1 aromatic heterocycles. The summed E-state index contributed by atoms with van der Waals surface area (Å²) in [4.78, 5) is 14.1. The van der Waals surface area contributed by atoms with E-state index in [2.05, 4.69) is 15.4 Å². The van der Waals surface area contributed by atoms with Crippen molar-refractivity contribution in [3.63, 3.8) is 0 Å². The fourth-order valence-electron chi connectivity index (χ4n) is 2.52. The van der Waals surface area contributed by atoms with Crippen LogP contribution in [0.2, 0.25) is 0 Å². The van der Waals surface area contributed by atoms with Crippen LogP contribution in [0.5, 0.6) is 11.5 Å². The van der Waals surface area contributed by atoms with Gasteiger partial charge in [0.2, 0.25) is 0 Å². The number of carbonyl (C=O) groups is 1. The monoisotopic (exact) mass is 288 g/mol. The first-order valence-corrected chi connectivity index (χ1v) is 6.61. The van der Waals surface area contributed by atoms with Crippen LogP contribution in [-0.4, -0.2) is 47.0 Å². The molecule has 1 amide bonds. The van der Waals surface area contributed by atoms with Crippen molar-refractivity contribution in [3.05, 3.63) is 35.2 Å².